The van der Waals surface area contributed by atoms with Crippen LogP contribution in [0.25, 0.3) is 0 Å². The molecule has 0 radical (unpaired) electrons. The van der Waals surface area contributed by atoms with Crippen LogP contribution in [0.4, 0.5) is 17.1 Å². The summed E-state index contributed by atoms with van der Waals surface area (Å²) >= 11 is 0. The van der Waals surface area contributed by atoms with Crippen LogP contribution in [0.2, 0.25) is 0 Å². The SMILES string of the molecule is Cc1ccc(Nc2ccc(NS(=O)(=O)c3ccccc3)cc2)c(C)c1. The van der Waals surface area contributed by atoms with E-state index in [-0.39, 0.29) is 4.90 Å². The van der Waals surface area contributed by atoms with Gasteiger partial charge in [0.15, 0.2) is 0 Å². The number of nitrogens with one attached hydrogen (secondary N) is 2. The fourth-order valence-electron chi connectivity index (χ4n) is 2.54. The summed E-state index contributed by atoms with van der Waals surface area (Å²) < 4.78 is 27.2. The molecule has 0 bridgehead atoms. The maximum atomic E-state index is 12.3. The second-order valence-electron chi connectivity index (χ2n) is 5.94. The van der Waals surface area contributed by atoms with Crippen LogP contribution in [-0.2, 0) is 10.0 Å². The van der Waals surface area contributed by atoms with Crippen molar-refractivity contribution in [3.05, 3.63) is 83.9 Å². The Morgan fingerprint density at radius 2 is 1.40 bits per heavy atom. The van der Waals surface area contributed by atoms with Crippen molar-refractivity contribution in [3.8, 4) is 0 Å². The summed E-state index contributed by atoms with van der Waals surface area (Å²) in [6, 6.07) is 21.7. The van der Waals surface area contributed by atoms with Crippen LogP contribution in [0.15, 0.2) is 77.7 Å². The molecule has 5 heteroatoms. The largest absolute Gasteiger partial charge is 0.355 e. The fraction of sp³-hybridized carbons (Fsp3) is 0.100. The Morgan fingerprint density at radius 3 is 2.04 bits per heavy atom. The van der Waals surface area contributed by atoms with Crippen LogP contribution in [0.3, 0.4) is 0 Å². The van der Waals surface area contributed by atoms with Gasteiger partial charge in [-0.05, 0) is 61.9 Å². The molecule has 3 aromatic rings. The second-order valence-corrected chi connectivity index (χ2v) is 7.62. The number of hydrogen-bond donors (Lipinski definition) is 2. The first-order chi connectivity index (χ1) is 11.9. The van der Waals surface area contributed by atoms with E-state index in [0.29, 0.717) is 5.69 Å². The molecule has 0 aliphatic carbocycles. The van der Waals surface area contributed by atoms with Crippen molar-refractivity contribution < 1.29 is 8.42 Å². The minimum atomic E-state index is -3.57. The van der Waals surface area contributed by atoms with Gasteiger partial charge in [-0.2, -0.15) is 0 Å². The van der Waals surface area contributed by atoms with Gasteiger partial charge in [0, 0.05) is 17.1 Å². The Labute approximate surface area is 148 Å². The normalized spacial score (nSPS) is 11.1. The lowest BCUT2D eigenvalue weighted by molar-refractivity contribution is 0.601. The predicted molar refractivity (Wildman–Crippen MR) is 103 cm³/mol. The quantitative estimate of drug-likeness (QED) is 0.690. The van der Waals surface area contributed by atoms with Crippen LogP contribution in [-0.4, -0.2) is 8.42 Å². The van der Waals surface area contributed by atoms with E-state index in [1.807, 2.05) is 18.2 Å². The molecule has 4 nitrogen and oxygen atoms in total. The molecule has 0 amide bonds. The Bertz CT molecular complexity index is 966. The van der Waals surface area contributed by atoms with Crippen molar-refractivity contribution in [2.45, 2.75) is 18.7 Å². The number of aryl methyl sites for hydroxylation is 2. The average molecular weight is 352 g/mol. The van der Waals surface area contributed by atoms with Crippen molar-refractivity contribution in [1.82, 2.24) is 0 Å². The van der Waals surface area contributed by atoms with E-state index in [4.69, 9.17) is 0 Å². The zero-order valence-corrected chi connectivity index (χ0v) is 15.0. The van der Waals surface area contributed by atoms with E-state index in [9.17, 15) is 8.42 Å². The molecule has 25 heavy (non-hydrogen) atoms. The number of sulfonamides is 1. The zero-order chi connectivity index (χ0) is 17.9. The van der Waals surface area contributed by atoms with E-state index >= 15 is 0 Å². The van der Waals surface area contributed by atoms with E-state index in [1.165, 1.54) is 5.56 Å². The number of rotatable bonds is 5. The van der Waals surface area contributed by atoms with Crippen molar-refractivity contribution >= 4 is 27.1 Å². The van der Waals surface area contributed by atoms with Crippen LogP contribution >= 0.6 is 0 Å². The highest BCUT2D eigenvalue weighted by Gasteiger charge is 2.13. The fourth-order valence-corrected chi connectivity index (χ4v) is 3.62. The van der Waals surface area contributed by atoms with Gasteiger partial charge in [-0.3, -0.25) is 4.72 Å². The Morgan fingerprint density at radius 1 is 0.760 bits per heavy atom. The van der Waals surface area contributed by atoms with Gasteiger partial charge in [0.25, 0.3) is 10.0 Å². The molecule has 0 aliphatic rings. The van der Waals surface area contributed by atoms with Gasteiger partial charge in [-0.25, -0.2) is 8.42 Å². The van der Waals surface area contributed by atoms with Crippen molar-refractivity contribution in [2.75, 3.05) is 10.0 Å². The van der Waals surface area contributed by atoms with Gasteiger partial charge in [0.1, 0.15) is 0 Å². The monoisotopic (exact) mass is 352 g/mol. The first kappa shape index (κ1) is 17.0. The van der Waals surface area contributed by atoms with Crippen LogP contribution in [0.5, 0.6) is 0 Å². The Kier molecular flexibility index (Phi) is 4.76. The molecular weight excluding hydrogens is 332 g/mol. The van der Waals surface area contributed by atoms with Crippen molar-refractivity contribution in [2.24, 2.45) is 0 Å². The van der Waals surface area contributed by atoms with E-state index in [1.54, 1.807) is 42.5 Å². The summed E-state index contributed by atoms with van der Waals surface area (Å²) in [7, 11) is -3.57. The topological polar surface area (TPSA) is 58.2 Å². The van der Waals surface area contributed by atoms with Gasteiger partial charge >= 0.3 is 0 Å². The molecule has 0 unspecified atom stereocenters. The summed E-state index contributed by atoms with van der Waals surface area (Å²) in [4.78, 5) is 0.243. The first-order valence-corrected chi connectivity index (χ1v) is 9.44. The Hall–Kier alpha value is -2.79. The minimum absolute atomic E-state index is 0.243. The summed E-state index contributed by atoms with van der Waals surface area (Å²) in [6.07, 6.45) is 0. The van der Waals surface area contributed by atoms with Gasteiger partial charge in [-0.1, -0.05) is 35.9 Å². The molecule has 0 saturated carbocycles. The van der Waals surface area contributed by atoms with E-state index in [0.717, 1.165) is 16.9 Å². The van der Waals surface area contributed by atoms with Crippen molar-refractivity contribution in [1.29, 1.82) is 0 Å². The first-order valence-electron chi connectivity index (χ1n) is 7.96. The molecule has 0 aliphatic heterocycles. The third kappa shape index (κ3) is 4.19. The number of hydrogen-bond acceptors (Lipinski definition) is 3. The lowest BCUT2D eigenvalue weighted by Crippen LogP contribution is -2.12. The molecule has 0 aromatic heterocycles. The van der Waals surface area contributed by atoms with Crippen molar-refractivity contribution in [3.63, 3.8) is 0 Å². The maximum absolute atomic E-state index is 12.3. The summed E-state index contributed by atoms with van der Waals surface area (Å²) in [5, 5.41) is 3.34. The minimum Gasteiger partial charge on any atom is -0.355 e. The van der Waals surface area contributed by atoms with E-state index < -0.39 is 10.0 Å². The molecule has 2 N–H and O–H groups in total. The van der Waals surface area contributed by atoms with Gasteiger partial charge in [-0.15, -0.1) is 0 Å². The summed E-state index contributed by atoms with van der Waals surface area (Å²) in [6.45, 7) is 4.11. The molecule has 128 valence electrons. The highest BCUT2D eigenvalue weighted by molar-refractivity contribution is 7.92. The standard InChI is InChI=1S/C20H20N2O2S/c1-15-8-13-20(16(2)14-15)21-17-9-11-18(12-10-17)22-25(23,24)19-6-4-3-5-7-19/h3-14,21-22H,1-2H3. The van der Waals surface area contributed by atoms with Gasteiger partial charge < -0.3 is 5.32 Å². The smallest absolute Gasteiger partial charge is 0.261 e. The lowest BCUT2D eigenvalue weighted by Gasteiger charge is -2.12. The molecule has 3 rings (SSSR count). The van der Waals surface area contributed by atoms with Crippen LogP contribution < -0.4 is 10.0 Å². The molecular formula is C20H20N2O2S. The molecule has 0 atom stereocenters. The summed E-state index contributed by atoms with van der Waals surface area (Å²) in [5.41, 5.74) is 4.83. The average Bonchev–Trinajstić information content (AvgIpc) is 2.59. The zero-order valence-electron chi connectivity index (χ0n) is 14.2. The highest BCUT2D eigenvalue weighted by Crippen LogP contribution is 2.23. The van der Waals surface area contributed by atoms with Crippen LogP contribution in [0.1, 0.15) is 11.1 Å². The third-order valence-electron chi connectivity index (χ3n) is 3.85. The second kappa shape index (κ2) is 6.99. The van der Waals surface area contributed by atoms with Gasteiger partial charge in [0.05, 0.1) is 4.90 Å². The Balaban J connectivity index is 1.74. The molecule has 0 saturated heterocycles. The molecule has 0 heterocycles. The number of benzene rings is 3. The van der Waals surface area contributed by atoms with E-state index in [2.05, 4.69) is 36.0 Å². The maximum Gasteiger partial charge on any atom is 0.261 e. The van der Waals surface area contributed by atoms with Crippen LogP contribution in [0, 0.1) is 13.8 Å². The van der Waals surface area contributed by atoms with Gasteiger partial charge in [0.2, 0.25) is 0 Å². The molecule has 3 aromatic carbocycles. The molecule has 0 fully saturated rings. The summed E-state index contributed by atoms with van der Waals surface area (Å²) in [5.74, 6) is 0. The predicted octanol–water partition coefficient (Wildman–Crippen LogP) is 4.85. The third-order valence-corrected chi connectivity index (χ3v) is 5.25. The lowest BCUT2D eigenvalue weighted by atomic mass is 10.1. The highest BCUT2D eigenvalue weighted by atomic mass is 32.2. The number of anilines is 3. The molecule has 0 spiro atoms.